The first-order valence-electron chi connectivity index (χ1n) is 6.50. The zero-order valence-electron chi connectivity index (χ0n) is 12.5. The van der Waals surface area contributed by atoms with Crippen molar-refractivity contribution < 1.29 is 4.52 Å². The zero-order chi connectivity index (χ0) is 14.7. The van der Waals surface area contributed by atoms with Crippen LogP contribution in [-0.2, 0) is 6.54 Å². The predicted molar refractivity (Wildman–Crippen MR) is 76.9 cm³/mol. The van der Waals surface area contributed by atoms with Gasteiger partial charge >= 0.3 is 6.01 Å². The fourth-order valence-electron chi connectivity index (χ4n) is 1.62. The molecule has 0 saturated carbocycles. The molecule has 0 aromatic carbocycles. The fourth-order valence-corrected chi connectivity index (χ4v) is 1.62. The summed E-state index contributed by atoms with van der Waals surface area (Å²) in [4.78, 5) is 16.7. The standard InChI is InChI=1S/C13H20N6O/c1-9(2)11-16-13(20-17-11)19(5)8-10-6-14-12(15-7-10)18(3)4/h6-7,9H,8H2,1-5H3. The van der Waals surface area contributed by atoms with Crippen molar-refractivity contribution in [2.45, 2.75) is 26.3 Å². The van der Waals surface area contributed by atoms with Crippen molar-refractivity contribution in [3.63, 3.8) is 0 Å². The highest BCUT2D eigenvalue weighted by Gasteiger charge is 2.13. The van der Waals surface area contributed by atoms with Gasteiger partial charge in [0.25, 0.3) is 0 Å². The van der Waals surface area contributed by atoms with Gasteiger partial charge < -0.3 is 14.3 Å². The second kappa shape index (κ2) is 5.85. The molecule has 0 N–H and O–H groups in total. The van der Waals surface area contributed by atoms with Crippen LogP contribution in [0.1, 0.15) is 31.2 Å². The SMILES string of the molecule is CC(C)c1noc(N(C)Cc2cnc(N(C)C)nc2)n1. The quantitative estimate of drug-likeness (QED) is 0.822. The summed E-state index contributed by atoms with van der Waals surface area (Å²) in [5.74, 6) is 1.66. The van der Waals surface area contributed by atoms with Crippen LogP contribution in [0.25, 0.3) is 0 Å². The smallest absolute Gasteiger partial charge is 0.324 e. The Bertz CT molecular complexity index is 548. The minimum absolute atomic E-state index is 0.253. The summed E-state index contributed by atoms with van der Waals surface area (Å²) in [7, 11) is 5.72. The van der Waals surface area contributed by atoms with E-state index in [1.165, 1.54) is 0 Å². The van der Waals surface area contributed by atoms with Crippen LogP contribution in [0.2, 0.25) is 0 Å². The van der Waals surface area contributed by atoms with Crippen LogP contribution in [0, 0.1) is 0 Å². The molecule has 0 radical (unpaired) electrons. The van der Waals surface area contributed by atoms with Crippen LogP contribution >= 0.6 is 0 Å². The Morgan fingerprint density at radius 1 is 1.15 bits per heavy atom. The molecule has 0 unspecified atom stereocenters. The lowest BCUT2D eigenvalue weighted by molar-refractivity contribution is 0.407. The number of aromatic nitrogens is 4. The van der Waals surface area contributed by atoms with E-state index in [9.17, 15) is 0 Å². The average molecular weight is 276 g/mol. The highest BCUT2D eigenvalue weighted by atomic mass is 16.5. The molecule has 20 heavy (non-hydrogen) atoms. The first kappa shape index (κ1) is 14.2. The topological polar surface area (TPSA) is 71.2 Å². The maximum atomic E-state index is 5.24. The van der Waals surface area contributed by atoms with Gasteiger partial charge in [0.15, 0.2) is 5.82 Å². The molecular weight excluding hydrogens is 256 g/mol. The lowest BCUT2D eigenvalue weighted by Crippen LogP contribution is -2.18. The number of hydrogen-bond acceptors (Lipinski definition) is 7. The molecule has 7 nitrogen and oxygen atoms in total. The summed E-state index contributed by atoms with van der Waals surface area (Å²) in [6, 6.07) is 0.505. The van der Waals surface area contributed by atoms with E-state index in [0.29, 0.717) is 24.3 Å². The van der Waals surface area contributed by atoms with Gasteiger partial charge in [-0.15, -0.1) is 0 Å². The predicted octanol–water partition coefficient (Wildman–Crippen LogP) is 1.69. The molecule has 2 aromatic heterocycles. The minimum atomic E-state index is 0.253. The monoisotopic (exact) mass is 276 g/mol. The third-order valence-corrected chi connectivity index (χ3v) is 2.79. The van der Waals surface area contributed by atoms with Crippen LogP contribution in [0.3, 0.4) is 0 Å². The van der Waals surface area contributed by atoms with Gasteiger partial charge in [-0.25, -0.2) is 9.97 Å². The van der Waals surface area contributed by atoms with Crippen molar-refractivity contribution in [2.24, 2.45) is 0 Å². The van der Waals surface area contributed by atoms with Crippen LogP contribution in [-0.4, -0.2) is 41.3 Å². The lowest BCUT2D eigenvalue weighted by Gasteiger charge is -2.14. The minimum Gasteiger partial charge on any atom is -0.347 e. The van der Waals surface area contributed by atoms with Crippen LogP contribution in [0.4, 0.5) is 12.0 Å². The Morgan fingerprint density at radius 2 is 1.80 bits per heavy atom. The number of rotatable bonds is 5. The van der Waals surface area contributed by atoms with Gasteiger partial charge in [-0.1, -0.05) is 19.0 Å². The molecule has 0 amide bonds. The fraction of sp³-hybridized carbons (Fsp3) is 0.538. The van der Waals surface area contributed by atoms with E-state index in [0.717, 1.165) is 5.56 Å². The van der Waals surface area contributed by atoms with E-state index < -0.39 is 0 Å². The van der Waals surface area contributed by atoms with E-state index >= 15 is 0 Å². The van der Waals surface area contributed by atoms with Crippen molar-refractivity contribution in [2.75, 3.05) is 30.9 Å². The Kier molecular flexibility index (Phi) is 4.16. The summed E-state index contributed by atoms with van der Waals surface area (Å²) in [5, 5.41) is 3.95. The normalized spacial score (nSPS) is 10.9. The molecule has 2 rings (SSSR count). The number of nitrogens with zero attached hydrogens (tertiary/aromatic N) is 6. The van der Waals surface area contributed by atoms with Gasteiger partial charge in [0.2, 0.25) is 5.95 Å². The molecule has 108 valence electrons. The molecule has 2 heterocycles. The van der Waals surface area contributed by atoms with E-state index in [1.54, 1.807) is 12.4 Å². The summed E-state index contributed by atoms with van der Waals surface area (Å²) < 4.78 is 5.24. The Hall–Kier alpha value is -2.18. The molecular formula is C13H20N6O. The third kappa shape index (κ3) is 3.23. The summed E-state index contributed by atoms with van der Waals surface area (Å²) in [6.07, 6.45) is 3.61. The van der Waals surface area contributed by atoms with E-state index in [2.05, 4.69) is 20.1 Å². The highest BCUT2D eigenvalue weighted by molar-refractivity contribution is 5.30. The van der Waals surface area contributed by atoms with Crippen molar-refractivity contribution >= 4 is 12.0 Å². The summed E-state index contributed by atoms with van der Waals surface area (Å²) in [5.41, 5.74) is 0.988. The molecule has 7 heteroatoms. The Balaban J connectivity index is 2.04. The summed E-state index contributed by atoms with van der Waals surface area (Å²) in [6.45, 7) is 4.68. The van der Waals surface area contributed by atoms with Crippen molar-refractivity contribution in [1.29, 1.82) is 0 Å². The van der Waals surface area contributed by atoms with Gasteiger partial charge in [0, 0.05) is 45.0 Å². The lowest BCUT2D eigenvalue weighted by atomic mass is 10.2. The third-order valence-electron chi connectivity index (χ3n) is 2.79. The molecule has 0 fully saturated rings. The van der Waals surface area contributed by atoms with Gasteiger partial charge in [-0.2, -0.15) is 4.98 Å². The molecule has 0 saturated heterocycles. The molecule has 0 aliphatic carbocycles. The molecule has 0 aliphatic rings. The van der Waals surface area contributed by atoms with Gasteiger partial charge in [0.05, 0.1) is 6.54 Å². The van der Waals surface area contributed by atoms with Crippen LogP contribution in [0.5, 0.6) is 0 Å². The largest absolute Gasteiger partial charge is 0.347 e. The average Bonchev–Trinajstić information content (AvgIpc) is 2.89. The zero-order valence-corrected chi connectivity index (χ0v) is 12.5. The van der Waals surface area contributed by atoms with E-state index in [4.69, 9.17) is 4.52 Å². The maximum Gasteiger partial charge on any atom is 0.324 e. The Morgan fingerprint density at radius 3 is 2.30 bits per heavy atom. The molecule has 0 spiro atoms. The van der Waals surface area contributed by atoms with Gasteiger partial charge in [-0.05, 0) is 0 Å². The van der Waals surface area contributed by atoms with Crippen LogP contribution < -0.4 is 9.80 Å². The van der Waals surface area contributed by atoms with E-state index in [1.807, 2.05) is 44.8 Å². The second-order valence-electron chi connectivity index (χ2n) is 5.23. The number of hydrogen-bond donors (Lipinski definition) is 0. The second-order valence-corrected chi connectivity index (χ2v) is 5.23. The summed E-state index contributed by atoms with van der Waals surface area (Å²) >= 11 is 0. The van der Waals surface area contributed by atoms with Crippen molar-refractivity contribution in [3.05, 3.63) is 23.8 Å². The molecule has 0 aliphatic heterocycles. The Labute approximate surface area is 118 Å². The van der Waals surface area contributed by atoms with Crippen molar-refractivity contribution in [1.82, 2.24) is 20.1 Å². The van der Waals surface area contributed by atoms with Gasteiger partial charge in [0.1, 0.15) is 0 Å². The van der Waals surface area contributed by atoms with Crippen molar-refractivity contribution in [3.8, 4) is 0 Å². The van der Waals surface area contributed by atoms with Crippen LogP contribution in [0.15, 0.2) is 16.9 Å². The number of anilines is 2. The van der Waals surface area contributed by atoms with Gasteiger partial charge in [-0.3, -0.25) is 0 Å². The molecule has 2 aromatic rings. The highest BCUT2D eigenvalue weighted by Crippen LogP contribution is 2.17. The maximum absolute atomic E-state index is 5.24. The first-order valence-corrected chi connectivity index (χ1v) is 6.50. The molecule has 0 bridgehead atoms. The molecule has 0 atom stereocenters. The van der Waals surface area contributed by atoms with E-state index in [-0.39, 0.29) is 5.92 Å². The first-order chi connectivity index (χ1) is 9.47.